The molecule has 1 N–H and O–H groups in total. The molecule has 1 aromatic carbocycles. The minimum absolute atomic E-state index is 0.00986. The van der Waals surface area contributed by atoms with E-state index in [2.05, 4.69) is 0 Å². The Labute approximate surface area is 95.6 Å². The van der Waals surface area contributed by atoms with Gasteiger partial charge in [-0.2, -0.15) is 0 Å². The van der Waals surface area contributed by atoms with Gasteiger partial charge in [-0.1, -0.05) is 11.6 Å². The molecular formula is C9H8ClNO5. The summed E-state index contributed by atoms with van der Waals surface area (Å²) in [7, 11) is 0. The van der Waals surface area contributed by atoms with Crippen LogP contribution in [0.4, 0.5) is 5.69 Å². The van der Waals surface area contributed by atoms with Crippen molar-refractivity contribution in [2.24, 2.45) is 0 Å². The number of nitro groups is 1. The van der Waals surface area contributed by atoms with Crippen molar-refractivity contribution in [1.82, 2.24) is 0 Å². The second-order valence-corrected chi connectivity index (χ2v) is 3.30. The Kier molecular flexibility index (Phi) is 4.07. The van der Waals surface area contributed by atoms with Crippen molar-refractivity contribution in [1.29, 1.82) is 0 Å². The first kappa shape index (κ1) is 12.3. The highest BCUT2D eigenvalue weighted by atomic mass is 35.5. The van der Waals surface area contributed by atoms with E-state index < -0.39 is 10.9 Å². The number of carboxylic acid groups (broad SMARTS) is 1. The number of rotatable bonds is 5. The van der Waals surface area contributed by atoms with E-state index in [4.69, 9.17) is 21.4 Å². The Hall–Kier alpha value is -1.82. The third kappa shape index (κ3) is 3.39. The van der Waals surface area contributed by atoms with Gasteiger partial charge in [0.15, 0.2) is 5.75 Å². The second-order valence-electron chi connectivity index (χ2n) is 2.86. The lowest BCUT2D eigenvalue weighted by Crippen LogP contribution is -2.06. The van der Waals surface area contributed by atoms with Crippen LogP contribution in [-0.2, 0) is 4.79 Å². The fourth-order valence-corrected chi connectivity index (χ4v) is 1.17. The summed E-state index contributed by atoms with van der Waals surface area (Å²) >= 11 is 5.59. The summed E-state index contributed by atoms with van der Waals surface area (Å²) in [6.45, 7) is -0.127. The van der Waals surface area contributed by atoms with Gasteiger partial charge in [0.2, 0.25) is 0 Å². The Morgan fingerprint density at radius 1 is 1.56 bits per heavy atom. The molecule has 0 aliphatic carbocycles. The number of ether oxygens (including phenoxy) is 1. The Balaban J connectivity index is 2.78. The second kappa shape index (κ2) is 5.32. The van der Waals surface area contributed by atoms with Crippen LogP contribution in [-0.4, -0.2) is 22.6 Å². The third-order valence-corrected chi connectivity index (χ3v) is 1.93. The molecule has 0 spiro atoms. The average molecular weight is 246 g/mol. The number of carbonyl (C=O) groups is 1. The van der Waals surface area contributed by atoms with Gasteiger partial charge in [-0.3, -0.25) is 14.9 Å². The number of aliphatic carboxylic acids is 1. The fraction of sp³-hybridized carbons (Fsp3) is 0.222. The van der Waals surface area contributed by atoms with E-state index in [1.165, 1.54) is 12.1 Å². The quantitative estimate of drug-likeness (QED) is 0.634. The van der Waals surface area contributed by atoms with E-state index >= 15 is 0 Å². The molecule has 86 valence electrons. The van der Waals surface area contributed by atoms with Gasteiger partial charge < -0.3 is 9.84 Å². The maximum atomic E-state index is 10.6. The summed E-state index contributed by atoms with van der Waals surface area (Å²) in [4.78, 5) is 20.2. The molecule has 0 aliphatic rings. The molecule has 0 heterocycles. The van der Waals surface area contributed by atoms with Crippen LogP contribution in [0, 0.1) is 10.1 Å². The van der Waals surface area contributed by atoms with E-state index in [0.717, 1.165) is 6.07 Å². The van der Waals surface area contributed by atoms with Crippen molar-refractivity contribution < 1.29 is 19.6 Å². The van der Waals surface area contributed by atoms with Gasteiger partial charge in [-0.15, -0.1) is 0 Å². The van der Waals surface area contributed by atoms with Crippen LogP contribution in [0.5, 0.6) is 5.75 Å². The van der Waals surface area contributed by atoms with Gasteiger partial charge in [0.25, 0.3) is 0 Å². The maximum absolute atomic E-state index is 10.6. The lowest BCUT2D eigenvalue weighted by atomic mass is 10.3. The van der Waals surface area contributed by atoms with E-state index in [0.29, 0.717) is 0 Å². The van der Waals surface area contributed by atoms with Crippen LogP contribution in [0.2, 0.25) is 5.02 Å². The predicted molar refractivity (Wildman–Crippen MR) is 55.9 cm³/mol. The minimum atomic E-state index is -1.03. The number of nitrogens with zero attached hydrogens (tertiary/aromatic N) is 1. The van der Waals surface area contributed by atoms with Crippen molar-refractivity contribution in [2.45, 2.75) is 6.42 Å². The highest BCUT2D eigenvalue weighted by Gasteiger charge is 2.15. The number of nitro benzene ring substituents is 1. The maximum Gasteiger partial charge on any atom is 0.312 e. The first-order chi connectivity index (χ1) is 7.50. The number of halogens is 1. The smallest absolute Gasteiger partial charge is 0.312 e. The molecule has 0 radical (unpaired) electrons. The summed E-state index contributed by atoms with van der Waals surface area (Å²) < 4.78 is 4.98. The van der Waals surface area contributed by atoms with Gasteiger partial charge in [0.1, 0.15) is 0 Å². The molecule has 0 aliphatic heterocycles. The van der Waals surface area contributed by atoms with E-state index in [1.54, 1.807) is 0 Å². The van der Waals surface area contributed by atoms with Crippen molar-refractivity contribution in [2.75, 3.05) is 6.61 Å². The van der Waals surface area contributed by atoms with Crippen LogP contribution < -0.4 is 4.74 Å². The largest absolute Gasteiger partial charge is 0.486 e. The zero-order chi connectivity index (χ0) is 12.1. The first-order valence-electron chi connectivity index (χ1n) is 4.29. The van der Waals surface area contributed by atoms with Gasteiger partial charge in [0, 0.05) is 11.1 Å². The van der Waals surface area contributed by atoms with Crippen molar-refractivity contribution in [3.8, 4) is 5.75 Å². The van der Waals surface area contributed by atoms with Crippen molar-refractivity contribution in [3.63, 3.8) is 0 Å². The molecule has 1 aromatic rings. The Morgan fingerprint density at radius 3 is 2.81 bits per heavy atom. The van der Waals surface area contributed by atoms with E-state index in [9.17, 15) is 14.9 Å². The summed E-state index contributed by atoms with van der Waals surface area (Å²) in [6.07, 6.45) is -0.222. The molecule has 1 rings (SSSR count). The molecule has 0 fully saturated rings. The Bertz CT molecular complexity index is 420. The minimum Gasteiger partial charge on any atom is -0.486 e. The summed E-state index contributed by atoms with van der Waals surface area (Å²) in [5.41, 5.74) is -0.280. The molecule has 6 nitrogen and oxygen atoms in total. The average Bonchev–Trinajstić information content (AvgIpc) is 2.19. The monoisotopic (exact) mass is 245 g/mol. The standard InChI is InChI=1S/C9H8ClNO5/c10-6-1-2-8(7(5-6)11(14)15)16-4-3-9(12)13/h1-2,5H,3-4H2,(H,12,13). The van der Waals surface area contributed by atoms with Gasteiger partial charge in [0.05, 0.1) is 18.0 Å². The summed E-state index contributed by atoms with van der Waals surface area (Å²) in [5.74, 6) is -1.02. The predicted octanol–water partition coefficient (Wildman–Crippen LogP) is 2.10. The summed E-state index contributed by atoms with van der Waals surface area (Å²) in [5, 5.41) is 19.2. The molecule has 16 heavy (non-hydrogen) atoms. The molecular weight excluding hydrogens is 238 g/mol. The van der Waals surface area contributed by atoms with E-state index in [1.807, 2.05) is 0 Å². The lowest BCUT2D eigenvalue weighted by Gasteiger charge is -2.05. The van der Waals surface area contributed by atoms with E-state index in [-0.39, 0.29) is 29.5 Å². The first-order valence-corrected chi connectivity index (χ1v) is 4.67. The normalized spacial score (nSPS) is 9.81. The van der Waals surface area contributed by atoms with Crippen LogP contribution >= 0.6 is 11.6 Å². The molecule has 0 saturated carbocycles. The molecule has 0 unspecified atom stereocenters. The topological polar surface area (TPSA) is 89.7 Å². The highest BCUT2D eigenvalue weighted by molar-refractivity contribution is 6.30. The van der Waals surface area contributed by atoms with Gasteiger partial charge >= 0.3 is 11.7 Å². The van der Waals surface area contributed by atoms with Crippen LogP contribution in [0.25, 0.3) is 0 Å². The van der Waals surface area contributed by atoms with Crippen molar-refractivity contribution in [3.05, 3.63) is 33.3 Å². The molecule has 0 aromatic heterocycles. The van der Waals surface area contributed by atoms with Gasteiger partial charge in [-0.25, -0.2) is 0 Å². The summed E-state index contributed by atoms with van der Waals surface area (Å²) in [6, 6.07) is 3.92. The molecule has 0 atom stereocenters. The number of hydrogen-bond donors (Lipinski definition) is 1. The molecule has 0 saturated heterocycles. The van der Waals surface area contributed by atoms with Crippen LogP contribution in [0.3, 0.4) is 0 Å². The number of carboxylic acids is 1. The SMILES string of the molecule is O=C(O)CCOc1ccc(Cl)cc1[N+](=O)[O-]. The molecule has 7 heteroatoms. The van der Waals surface area contributed by atoms with Crippen LogP contribution in [0.1, 0.15) is 6.42 Å². The number of benzene rings is 1. The van der Waals surface area contributed by atoms with Gasteiger partial charge in [-0.05, 0) is 12.1 Å². The van der Waals surface area contributed by atoms with Crippen LogP contribution in [0.15, 0.2) is 18.2 Å². The zero-order valence-electron chi connectivity index (χ0n) is 8.05. The zero-order valence-corrected chi connectivity index (χ0v) is 8.81. The fourth-order valence-electron chi connectivity index (χ4n) is 1.00. The number of hydrogen-bond acceptors (Lipinski definition) is 4. The highest BCUT2D eigenvalue weighted by Crippen LogP contribution is 2.29. The molecule has 0 amide bonds. The Morgan fingerprint density at radius 2 is 2.25 bits per heavy atom. The molecule has 0 bridgehead atoms. The lowest BCUT2D eigenvalue weighted by molar-refractivity contribution is -0.385. The van der Waals surface area contributed by atoms with Crippen molar-refractivity contribution >= 4 is 23.3 Å². The third-order valence-electron chi connectivity index (χ3n) is 1.69.